The number of nitrogens with zero attached hydrogens (tertiary/aromatic N) is 1. The van der Waals surface area contributed by atoms with E-state index in [1.54, 1.807) is 32.5 Å². The number of methoxy groups -OCH3 is 1. The lowest BCUT2D eigenvalue weighted by Gasteiger charge is -2.28. The Morgan fingerprint density at radius 3 is 2.43 bits per heavy atom. The Kier molecular flexibility index (Phi) is 9.78. The molecule has 1 aliphatic carbocycles. The summed E-state index contributed by atoms with van der Waals surface area (Å²) in [6, 6.07) is -0.575. The van der Waals surface area contributed by atoms with E-state index in [1.807, 2.05) is 4.90 Å². The molecular weight excluding hydrogens is 404 g/mol. The first-order chi connectivity index (χ1) is 14.2. The molecule has 172 valence electrons. The standard InChI is InChI=1S/C22H38N2O5S/c1-22(2,3)29-21(27)23-18(20(26)28-4)15-30-14-17-11-8-12-24(17)19(25)13-16-9-6-5-7-10-16/h16-18H,5-15H2,1-4H3,(H,23,27)/t17-,18-/m0/s1. The summed E-state index contributed by atoms with van der Waals surface area (Å²) in [5, 5.41) is 2.60. The van der Waals surface area contributed by atoms with Gasteiger partial charge in [-0.2, -0.15) is 11.8 Å². The molecule has 8 heteroatoms. The smallest absolute Gasteiger partial charge is 0.408 e. The van der Waals surface area contributed by atoms with E-state index in [1.165, 1.54) is 39.2 Å². The Labute approximate surface area is 185 Å². The van der Waals surface area contributed by atoms with Gasteiger partial charge in [-0.3, -0.25) is 4.79 Å². The lowest BCUT2D eigenvalue weighted by atomic mass is 9.86. The number of carbonyl (C=O) groups excluding carboxylic acids is 3. The van der Waals surface area contributed by atoms with Crippen LogP contribution in [-0.4, -0.2) is 65.7 Å². The molecule has 0 aromatic carbocycles. The molecule has 2 aliphatic rings. The summed E-state index contributed by atoms with van der Waals surface area (Å²) in [5.74, 6) is 1.46. The highest BCUT2D eigenvalue weighted by Crippen LogP contribution is 2.29. The van der Waals surface area contributed by atoms with Gasteiger partial charge in [0.15, 0.2) is 0 Å². The maximum Gasteiger partial charge on any atom is 0.408 e. The van der Waals surface area contributed by atoms with Crippen LogP contribution in [0.5, 0.6) is 0 Å². The summed E-state index contributed by atoms with van der Waals surface area (Å²) in [7, 11) is 1.30. The van der Waals surface area contributed by atoms with Crippen LogP contribution in [0, 0.1) is 5.92 Å². The predicted molar refractivity (Wildman–Crippen MR) is 118 cm³/mol. The van der Waals surface area contributed by atoms with Gasteiger partial charge < -0.3 is 19.7 Å². The molecule has 0 aromatic heterocycles. The number of nitrogens with one attached hydrogen (secondary N) is 1. The first-order valence-corrected chi connectivity index (χ1v) is 12.3. The second-order valence-corrected chi connectivity index (χ2v) is 10.4. The second-order valence-electron chi connectivity index (χ2n) is 9.35. The largest absolute Gasteiger partial charge is 0.467 e. The van der Waals surface area contributed by atoms with Crippen LogP contribution in [0.15, 0.2) is 0 Å². The number of rotatable bonds is 8. The summed E-state index contributed by atoms with van der Waals surface area (Å²) in [5.41, 5.74) is -0.638. The zero-order valence-corrected chi connectivity index (χ0v) is 19.7. The monoisotopic (exact) mass is 442 g/mol. The zero-order chi connectivity index (χ0) is 22.1. The number of hydrogen-bond acceptors (Lipinski definition) is 6. The second kappa shape index (κ2) is 11.8. The predicted octanol–water partition coefficient (Wildman–Crippen LogP) is 3.75. The van der Waals surface area contributed by atoms with Crippen molar-refractivity contribution in [2.45, 2.75) is 89.8 Å². The molecule has 1 heterocycles. The van der Waals surface area contributed by atoms with Crippen molar-refractivity contribution in [3.05, 3.63) is 0 Å². The number of likely N-dealkylation sites (tertiary alicyclic amines) is 1. The molecular formula is C22H38N2O5S. The highest BCUT2D eigenvalue weighted by atomic mass is 32.2. The quantitative estimate of drug-likeness (QED) is 0.576. The van der Waals surface area contributed by atoms with E-state index in [0.717, 1.165) is 25.1 Å². The fourth-order valence-electron chi connectivity index (χ4n) is 4.18. The highest BCUT2D eigenvalue weighted by molar-refractivity contribution is 7.99. The third kappa shape index (κ3) is 8.36. The molecule has 0 spiro atoms. The minimum absolute atomic E-state index is 0.200. The minimum Gasteiger partial charge on any atom is -0.467 e. The summed E-state index contributed by atoms with van der Waals surface area (Å²) in [6.07, 6.45) is 8.20. The van der Waals surface area contributed by atoms with Gasteiger partial charge >= 0.3 is 12.1 Å². The van der Waals surface area contributed by atoms with Gasteiger partial charge in [-0.15, -0.1) is 0 Å². The van der Waals surface area contributed by atoms with E-state index in [9.17, 15) is 14.4 Å². The molecule has 2 atom stereocenters. The molecule has 2 fully saturated rings. The van der Waals surface area contributed by atoms with Crippen LogP contribution in [0.4, 0.5) is 4.79 Å². The number of esters is 1. The summed E-state index contributed by atoms with van der Waals surface area (Å²) in [4.78, 5) is 39.0. The van der Waals surface area contributed by atoms with E-state index >= 15 is 0 Å². The Bertz CT molecular complexity index is 587. The van der Waals surface area contributed by atoms with Crippen molar-refractivity contribution >= 4 is 29.7 Å². The summed E-state index contributed by atoms with van der Waals surface area (Å²) in [6.45, 7) is 6.14. The molecule has 7 nitrogen and oxygen atoms in total. The van der Waals surface area contributed by atoms with Gasteiger partial charge in [0.05, 0.1) is 7.11 Å². The van der Waals surface area contributed by atoms with Gasteiger partial charge in [-0.05, 0) is 52.4 Å². The van der Waals surface area contributed by atoms with Gasteiger partial charge in [-0.25, -0.2) is 9.59 Å². The molecule has 0 bridgehead atoms. The van der Waals surface area contributed by atoms with Crippen molar-refractivity contribution in [1.82, 2.24) is 10.2 Å². The van der Waals surface area contributed by atoms with Crippen LogP contribution in [0.3, 0.4) is 0 Å². The van der Waals surface area contributed by atoms with Crippen LogP contribution >= 0.6 is 11.8 Å². The van der Waals surface area contributed by atoms with Crippen molar-refractivity contribution in [2.75, 3.05) is 25.2 Å². The molecule has 0 radical (unpaired) electrons. The fraction of sp³-hybridized carbons (Fsp3) is 0.864. The average Bonchev–Trinajstić information content (AvgIpc) is 3.14. The third-order valence-corrected chi connectivity index (χ3v) is 6.85. The Morgan fingerprint density at radius 2 is 1.80 bits per heavy atom. The van der Waals surface area contributed by atoms with Gasteiger partial charge in [0, 0.05) is 30.5 Å². The Balaban J connectivity index is 1.81. The first kappa shape index (κ1) is 24.8. The molecule has 30 heavy (non-hydrogen) atoms. The molecule has 1 aliphatic heterocycles. The molecule has 1 saturated carbocycles. The SMILES string of the molecule is COC(=O)[C@H](CSC[C@@H]1CCCN1C(=O)CC1CCCCC1)NC(=O)OC(C)(C)C. The number of ether oxygens (including phenoxy) is 2. The molecule has 2 rings (SSSR count). The van der Waals surface area contributed by atoms with Gasteiger partial charge in [-0.1, -0.05) is 19.3 Å². The molecule has 0 unspecified atom stereocenters. The first-order valence-electron chi connectivity index (χ1n) is 11.1. The van der Waals surface area contributed by atoms with Crippen molar-refractivity contribution in [1.29, 1.82) is 0 Å². The van der Waals surface area contributed by atoms with Gasteiger partial charge in [0.2, 0.25) is 5.91 Å². The van der Waals surface area contributed by atoms with Crippen molar-refractivity contribution in [2.24, 2.45) is 5.92 Å². The Morgan fingerprint density at radius 1 is 1.10 bits per heavy atom. The highest BCUT2D eigenvalue weighted by Gasteiger charge is 2.31. The van der Waals surface area contributed by atoms with Gasteiger partial charge in [0.25, 0.3) is 0 Å². The van der Waals surface area contributed by atoms with Crippen molar-refractivity contribution in [3.8, 4) is 0 Å². The van der Waals surface area contributed by atoms with E-state index in [-0.39, 0.29) is 11.9 Å². The minimum atomic E-state index is -0.775. The molecule has 2 amide bonds. The number of carbonyl (C=O) groups is 3. The van der Waals surface area contributed by atoms with E-state index < -0.39 is 23.7 Å². The van der Waals surface area contributed by atoms with Crippen LogP contribution in [0.2, 0.25) is 0 Å². The normalized spacial score (nSPS) is 21.2. The lowest BCUT2D eigenvalue weighted by molar-refractivity contribution is -0.142. The maximum absolute atomic E-state index is 12.8. The maximum atomic E-state index is 12.8. The Hall–Kier alpha value is -1.44. The molecule has 1 saturated heterocycles. The third-order valence-electron chi connectivity index (χ3n) is 5.66. The zero-order valence-electron chi connectivity index (χ0n) is 18.9. The number of alkyl carbamates (subject to hydrolysis) is 1. The summed E-state index contributed by atoms with van der Waals surface area (Å²) < 4.78 is 10.1. The number of hydrogen-bond donors (Lipinski definition) is 1. The van der Waals surface area contributed by atoms with Crippen molar-refractivity contribution < 1.29 is 23.9 Å². The lowest BCUT2D eigenvalue weighted by Crippen LogP contribution is -2.46. The van der Waals surface area contributed by atoms with Crippen LogP contribution in [0.1, 0.15) is 72.1 Å². The van der Waals surface area contributed by atoms with Crippen LogP contribution in [0.25, 0.3) is 0 Å². The number of thioether (sulfide) groups is 1. The van der Waals surface area contributed by atoms with E-state index in [4.69, 9.17) is 9.47 Å². The molecule has 0 aromatic rings. The van der Waals surface area contributed by atoms with E-state index in [2.05, 4.69) is 5.32 Å². The average molecular weight is 443 g/mol. The van der Waals surface area contributed by atoms with Crippen molar-refractivity contribution in [3.63, 3.8) is 0 Å². The fourth-order valence-corrected chi connectivity index (χ4v) is 5.39. The molecule has 1 N–H and O–H groups in total. The van der Waals surface area contributed by atoms with Crippen LogP contribution < -0.4 is 5.32 Å². The topological polar surface area (TPSA) is 84.9 Å². The van der Waals surface area contributed by atoms with Gasteiger partial charge in [0.1, 0.15) is 11.6 Å². The summed E-state index contributed by atoms with van der Waals surface area (Å²) >= 11 is 1.56. The van der Waals surface area contributed by atoms with E-state index in [0.29, 0.717) is 18.1 Å². The number of amides is 2. The van der Waals surface area contributed by atoms with Crippen LogP contribution in [-0.2, 0) is 19.1 Å².